The zero-order valence-electron chi connectivity index (χ0n) is 13.3. The summed E-state index contributed by atoms with van der Waals surface area (Å²) >= 11 is 0. The molecule has 0 saturated carbocycles. The maximum atomic E-state index is 13.5. The fourth-order valence-corrected chi connectivity index (χ4v) is 1.97. The van der Waals surface area contributed by atoms with Crippen LogP contribution in [0, 0.1) is 11.7 Å². The molecular weight excluding hydrogens is 295 g/mol. The second-order valence-corrected chi connectivity index (χ2v) is 5.64. The number of benzene rings is 1. The fourth-order valence-electron chi connectivity index (χ4n) is 1.97. The second kappa shape index (κ2) is 8.22. The van der Waals surface area contributed by atoms with Gasteiger partial charge in [-0.2, -0.15) is 0 Å². The van der Waals surface area contributed by atoms with Crippen LogP contribution in [0.2, 0.25) is 0 Å². The van der Waals surface area contributed by atoms with E-state index in [1.807, 2.05) is 13.8 Å². The molecule has 2 aromatic rings. The van der Waals surface area contributed by atoms with Gasteiger partial charge in [-0.05, 0) is 30.0 Å². The summed E-state index contributed by atoms with van der Waals surface area (Å²) < 4.78 is 13.5. The minimum atomic E-state index is -0.225. The highest BCUT2D eigenvalue weighted by molar-refractivity contribution is 5.92. The Kier molecular flexibility index (Phi) is 6.02. The molecule has 0 aliphatic rings. The van der Waals surface area contributed by atoms with E-state index in [0.29, 0.717) is 42.6 Å². The van der Waals surface area contributed by atoms with Gasteiger partial charge in [-0.25, -0.2) is 14.4 Å². The molecule has 2 N–H and O–H groups in total. The van der Waals surface area contributed by atoms with Crippen molar-refractivity contribution in [3.8, 4) is 0 Å². The Hall–Kier alpha value is -2.50. The van der Waals surface area contributed by atoms with E-state index in [4.69, 9.17) is 0 Å². The molecule has 2 rings (SSSR count). The van der Waals surface area contributed by atoms with Crippen LogP contribution in [-0.4, -0.2) is 29.0 Å². The lowest BCUT2D eigenvalue weighted by Gasteiger charge is -2.09. The van der Waals surface area contributed by atoms with Gasteiger partial charge in [0.2, 0.25) is 5.95 Å². The van der Waals surface area contributed by atoms with Crippen molar-refractivity contribution >= 4 is 11.9 Å². The summed E-state index contributed by atoms with van der Waals surface area (Å²) in [4.78, 5) is 20.2. The lowest BCUT2D eigenvalue weighted by Crippen LogP contribution is -2.28. The average Bonchev–Trinajstić information content (AvgIpc) is 2.54. The minimum Gasteiger partial charge on any atom is -0.354 e. The minimum absolute atomic E-state index is 0.224. The number of nitrogens with zero attached hydrogens (tertiary/aromatic N) is 2. The molecule has 23 heavy (non-hydrogen) atoms. The summed E-state index contributed by atoms with van der Waals surface area (Å²) in [5.74, 6) is 0.285. The van der Waals surface area contributed by atoms with E-state index in [-0.39, 0.29) is 11.7 Å². The smallest absolute Gasteiger partial charge is 0.270 e. The fraction of sp³-hybridized carbons (Fsp3) is 0.353. The Morgan fingerprint density at radius 2 is 2.04 bits per heavy atom. The highest BCUT2D eigenvalue weighted by Gasteiger charge is 2.09. The molecule has 0 aliphatic heterocycles. The zero-order chi connectivity index (χ0) is 16.7. The molecule has 0 spiro atoms. The third-order valence-corrected chi connectivity index (χ3v) is 3.19. The van der Waals surface area contributed by atoms with Gasteiger partial charge in [0.15, 0.2) is 0 Å². The van der Waals surface area contributed by atoms with Gasteiger partial charge in [0, 0.05) is 19.3 Å². The Labute approximate surface area is 135 Å². The molecule has 1 heterocycles. The Morgan fingerprint density at radius 1 is 1.26 bits per heavy atom. The standard InChI is InChI=1S/C17H21FN4O/c1-12(2)11-21-16(23)15-8-10-20-17(22-15)19-9-7-13-5-3-4-6-14(13)18/h3-6,8,10,12H,7,9,11H2,1-2H3,(H,21,23)(H,19,20,22). The Morgan fingerprint density at radius 3 is 2.78 bits per heavy atom. The second-order valence-electron chi connectivity index (χ2n) is 5.64. The van der Waals surface area contributed by atoms with E-state index in [9.17, 15) is 9.18 Å². The van der Waals surface area contributed by atoms with Crippen molar-refractivity contribution in [2.45, 2.75) is 20.3 Å². The van der Waals surface area contributed by atoms with E-state index in [2.05, 4.69) is 20.6 Å². The first-order valence-corrected chi connectivity index (χ1v) is 7.65. The molecule has 0 aliphatic carbocycles. The molecule has 0 bridgehead atoms. The molecule has 0 atom stereocenters. The summed E-state index contributed by atoms with van der Waals surface area (Å²) in [7, 11) is 0. The maximum Gasteiger partial charge on any atom is 0.270 e. The molecule has 0 saturated heterocycles. The van der Waals surface area contributed by atoms with Crippen LogP contribution in [0.25, 0.3) is 0 Å². The molecule has 5 nitrogen and oxygen atoms in total. The topological polar surface area (TPSA) is 66.9 Å². The first-order valence-electron chi connectivity index (χ1n) is 7.65. The molecule has 122 valence electrons. The molecule has 1 aromatic carbocycles. The highest BCUT2D eigenvalue weighted by Crippen LogP contribution is 2.07. The van der Waals surface area contributed by atoms with Crippen molar-refractivity contribution in [2.24, 2.45) is 5.92 Å². The average molecular weight is 316 g/mol. The summed E-state index contributed by atoms with van der Waals surface area (Å²) in [6.45, 7) is 5.13. The van der Waals surface area contributed by atoms with Crippen molar-refractivity contribution in [1.29, 1.82) is 0 Å². The number of nitrogens with one attached hydrogen (secondary N) is 2. The van der Waals surface area contributed by atoms with Crippen LogP contribution in [0.4, 0.5) is 10.3 Å². The molecule has 6 heteroatoms. The predicted molar refractivity (Wildman–Crippen MR) is 87.8 cm³/mol. The van der Waals surface area contributed by atoms with Gasteiger partial charge < -0.3 is 10.6 Å². The first kappa shape index (κ1) is 16.9. The number of amides is 1. The summed E-state index contributed by atoms with van der Waals surface area (Å²) in [5.41, 5.74) is 0.944. The van der Waals surface area contributed by atoms with Crippen LogP contribution < -0.4 is 10.6 Å². The van der Waals surface area contributed by atoms with Gasteiger partial charge >= 0.3 is 0 Å². The monoisotopic (exact) mass is 316 g/mol. The zero-order valence-corrected chi connectivity index (χ0v) is 13.3. The van der Waals surface area contributed by atoms with Gasteiger partial charge in [0.05, 0.1) is 0 Å². The van der Waals surface area contributed by atoms with Gasteiger partial charge in [-0.15, -0.1) is 0 Å². The van der Waals surface area contributed by atoms with Gasteiger partial charge in [-0.3, -0.25) is 4.79 Å². The van der Waals surface area contributed by atoms with Crippen LogP contribution in [0.3, 0.4) is 0 Å². The number of hydrogen-bond acceptors (Lipinski definition) is 4. The molecule has 0 radical (unpaired) electrons. The number of halogens is 1. The van der Waals surface area contributed by atoms with E-state index in [0.717, 1.165) is 0 Å². The summed E-state index contributed by atoms with van der Waals surface area (Å²) in [5, 5.41) is 5.82. The van der Waals surface area contributed by atoms with Crippen LogP contribution in [0.15, 0.2) is 36.5 Å². The van der Waals surface area contributed by atoms with Crippen molar-refractivity contribution < 1.29 is 9.18 Å². The lowest BCUT2D eigenvalue weighted by molar-refractivity contribution is 0.0944. The van der Waals surface area contributed by atoms with E-state index in [1.54, 1.807) is 24.3 Å². The predicted octanol–water partition coefficient (Wildman–Crippen LogP) is 2.66. The van der Waals surface area contributed by atoms with Gasteiger partial charge in [0.1, 0.15) is 11.5 Å². The molecule has 1 amide bonds. The number of aromatic nitrogens is 2. The highest BCUT2D eigenvalue weighted by atomic mass is 19.1. The molecule has 1 aromatic heterocycles. The molecular formula is C17H21FN4O. The van der Waals surface area contributed by atoms with E-state index in [1.165, 1.54) is 12.3 Å². The van der Waals surface area contributed by atoms with Gasteiger partial charge in [0.25, 0.3) is 5.91 Å². The third-order valence-electron chi connectivity index (χ3n) is 3.19. The van der Waals surface area contributed by atoms with Gasteiger partial charge in [-0.1, -0.05) is 32.0 Å². The first-order chi connectivity index (χ1) is 11.1. The largest absolute Gasteiger partial charge is 0.354 e. The van der Waals surface area contributed by atoms with E-state index < -0.39 is 0 Å². The van der Waals surface area contributed by atoms with Crippen molar-refractivity contribution in [2.75, 3.05) is 18.4 Å². The third kappa shape index (κ3) is 5.32. The van der Waals surface area contributed by atoms with Crippen LogP contribution >= 0.6 is 0 Å². The SMILES string of the molecule is CC(C)CNC(=O)c1ccnc(NCCc2ccccc2F)n1. The number of carbonyl (C=O) groups excluding carboxylic acids is 1. The quantitative estimate of drug-likeness (QED) is 0.824. The van der Waals surface area contributed by atoms with E-state index >= 15 is 0 Å². The Bertz CT molecular complexity index is 661. The summed E-state index contributed by atoms with van der Waals surface area (Å²) in [6.07, 6.45) is 2.04. The van der Waals surface area contributed by atoms with Crippen LogP contribution in [-0.2, 0) is 6.42 Å². The number of carbonyl (C=O) groups is 1. The Balaban J connectivity index is 1.90. The number of anilines is 1. The normalized spacial score (nSPS) is 10.6. The van der Waals surface area contributed by atoms with Crippen molar-refractivity contribution in [3.63, 3.8) is 0 Å². The lowest BCUT2D eigenvalue weighted by atomic mass is 10.1. The summed E-state index contributed by atoms with van der Waals surface area (Å²) in [6, 6.07) is 8.21. The van der Waals surface area contributed by atoms with Crippen molar-refractivity contribution in [1.82, 2.24) is 15.3 Å². The maximum absolute atomic E-state index is 13.5. The van der Waals surface area contributed by atoms with Crippen LogP contribution in [0.1, 0.15) is 29.9 Å². The molecule has 0 unspecified atom stereocenters. The number of rotatable bonds is 7. The molecule has 0 fully saturated rings. The number of hydrogen-bond donors (Lipinski definition) is 2. The van der Waals surface area contributed by atoms with Crippen LogP contribution in [0.5, 0.6) is 0 Å². The van der Waals surface area contributed by atoms with Crippen molar-refractivity contribution in [3.05, 3.63) is 53.6 Å².